The Hall–Kier alpha value is -2.04. The van der Waals surface area contributed by atoms with Crippen molar-refractivity contribution in [1.82, 2.24) is 4.90 Å². The second-order valence-electron chi connectivity index (χ2n) is 7.09. The van der Waals surface area contributed by atoms with Gasteiger partial charge in [-0.2, -0.15) is 0 Å². The van der Waals surface area contributed by atoms with Crippen LogP contribution in [-0.4, -0.2) is 40.4 Å². The quantitative estimate of drug-likeness (QED) is 0.874. The van der Waals surface area contributed by atoms with Crippen LogP contribution in [0.2, 0.25) is 0 Å². The van der Waals surface area contributed by atoms with E-state index in [1.807, 2.05) is 49.4 Å². The fourth-order valence-electron chi connectivity index (χ4n) is 3.35. The lowest BCUT2D eigenvalue weighted by molar-refractivity contribution is -0.0168. The third kappa shape index (κ3) is 4.97. The molecule has 2 aromatic carbocycles. The summed E-state index contributed by atoms with van der Waals surface area (Å²) in [6, 6.07) is 15.3. The molecule has 1 unspecified atom stereocenters. The molecule has 1 heterocycles. The number of aliphatic hydroxyl groups is 1. The smallest absolute Gasteiger partial charge is 0.120 e. The first-order valence-electron chi connectivity index (χ1n) is 8.95. The summed E-state index contributed by atoms with van der Waals surface area (Å²) >= 11 is 0. The molecule has 25 heavy (non-hydrogen) atoms. The van der Waals surface area contributed by atoms with Gasteiger partial charge in [0.05, 0.1) is 5.60 Å². The minimum absolute atomic E-state index is 0.320. The number of aromatic hydroxyl groups is 1. The highest BCUT2D eigenvalue weighted by Crippen LogP contribution is 2.26. The number of nitrogens with zero attached hydrogens (tertiary/aromatic N) is 1. The van der Waals surface area contributed by atoms with Gasteiger partial charge in [-0.1, -0.05) is 35.9 Å². The molecule has 1 fully saturated rings. The highest BCUT2D eigenvalue weighted by atomic mass is 16.5. The number of likely N-dealkylation sites (tertiary alicyclic amines) is 1. The number of para-hydroxylation sites is 1. The van der Waals surface area contributed by atoms with Crippen LogP contribution >= 0.6 is 0 Å². The molecule has 2 N–H and O–H groups in total. The molecule has 0 aliphatic carbocycles. The topological polar surface area (TPSA) is 52.9 Å². The zero-order valence-electron chi connectivity index (χ0n) is 14.8. The summed E-state index contributed by atoms with van der Waals surface area (Å²) in [4.78, 5) is 2.30. The molecule has 0 aromatic heterocycles. The molecular formula is C21H27NO3. The molecule has 1 atom stereocenters. The zero-order chi connectivity index (χ0) is 17.7. The number of hydrogen-bond acceptors (Lipinski definition) is 4. The first-order valence-corrected chi connectivity index (χ1v) is 8.95. The van der Waals surface area contributed by atoms with Crippen molar-refractivity contribution >= 4 is 0 Å². The lowest BCUT2D eigenvalue weighted by Gasteiger charge is -2.27. The second-order valence-corrected chi connectivity index (χ2v) is 7.09. The van der Waals surface area contributed by atoms with Gasteiger partial charge in [-0.3, -0.25) is 4.90 Å². The van der Waals surface area contributed by atoms with E-state index in [1.54, 1.807) is 6.07 Å². The summed E-state index contributed by atoms with van der Waals surface area (Å²) in [7, 11) is 0. The van der Waals surface area contributed by atoms with Crippen molar-refractivity contribution in [1.29, 1.82) is 0 Å². The van der Waals surface area contributed by atoms with Crippen molar-refractivity contribution in [3.05, 3.63) is 59.7 Å². The van der Waals surface area contributed by atoms with Crippen LogP contribution in [0.25, 0.3) is 0 Å². The Morgan fingerprint density at radius 2 is 1.88 bits per heavy atom. The minimum atomic E-state index is -0.792. The van der Waals surface area contributed by atoms with E-state index < -0.39 is 5.60 Å². The monoisotopic (exact) mass is 341 g/mol. The molecule has 0 amide bonds. The first kappa shape index (κ1) is 17.8. The van der Waals surface area contributed by atoms with Gasteiger partial charge < -0.3 is 14.9 Å². The SMILES string of the molecule is Cc1ccc(O)c(CN2CCCC(O)(COc3ccccc3)CC2)c1. The summed E-state index contributed by atoms with van der Waals surface area (Å²) in [5.41, 5.74) is 1.31. The molecule has 134 valence electrons. The van der Waals surface area contributed by atoms with E-state index >= 15 is 0 Å². The van der Waals surface area contributed by atoms with E-state index in [2.05, 4.69) is 4.90 Å². The van der Waals surface area contributed by atoms with Gasteiger partial charge in [0, 0.05) is 18.7 Å². The third-order valence-electron chi connectivity index (χ3n) is 4.89. The number of phenols is 1. The highest BCUT2D eigenvalue weighted by Gasteiger charge is 2.31. The van der Waals surface area contributed by atoms with Gasteiger partial charge in [-0.15, -0.1) is 0 Å². The fourth-order valence-corrected chi connectivity index (χ4v) is 3.35. The van der Waals surface area contributed by atoms with Crippen molar-refractivity contribution in [3.8, 4) is 11.5 Å². The number of benzene rings is 2. The van der Waals surface area contributed by atoms with Crippen molar-refractivity contribution in [3.63, 3.8) is 0 Å². The van der Waals surface area contributed by atoms with Crippen LogP contribution in [0.15, 0.2) is 48.5 Å². The Morgan fingerprint density at radius 3 is 2.68 bits per heavy atom. The summed E-state index contributed by atoms with van der Waals surface area (Å²) in [6.45, 7) is 4.78. The average Bonchev–Trinajstić information content (AvgIpc) is 2.80. The normalized spacial score (nSPS) is 21.7. The average molecular weight is 341 g/mol. The third-order valence-corrected chi connectivity index (χ3v) is 4.89. The van der Waals surface area contributed by atoms with Gasteiger partial charge in [0.2, 0.25) is 0 Å². The van der Waals surface area contributed by atoms with Gasteiger partial charge >= 0.3 is 0 Å². The largest absolute Gasteiger partial charge is 0.508 e. The summed E-state index contributed by atoms with van der Waals surface area (Å²) in [6.07, 6.45) is 2.32. The van der Waals surface area contributed by atoms with Gasteiger partial charge in [0.1, 0.15) is 18.1 Å². The molecule has 1 aliphatic heterocycles. The minimum Gasteiger partial charge on any atom is -0.508 e. The lowest BCUT2D eigenvalue weighted by atomic mass is 9.96. The molecule has 1 saturated heterocycles. The van der Waals surface area contributed by atoms with Crippen LogP contribution in [0, 0.1) is 6.92 Å². The predicted molar refractivity (Wildman–Crippen MR) is 98.9 cm³/mol. The first-order chi connectivity index (χ1) is 12.0. The zero-order valence-corrected chi connectivity index (χ0v) is 14.8. The van der Waals surface area contributed by atoms with Crippen molar-refractivity contribution in [2.24, 2.45) is 0 Å². The number of phenolic OH excluding ortho intramolecular Hbond substituents is 1. The maximum atomic E-state index is 10.9. The van der Waals surface area contributed by atoms with Crippen LogP contribution in [0.4, 0.5) is 0 Å². The number of rotatable bonds is 5. The summed E-state index contributed by atoms with van der Waals surface area (Å²) in [5, 5.41) is 20.9. The molecule has 3 rings (SSSR count). The van der Waals surface area contributed by atoms with E-state index in [4.69, 9.17) is 4.74 Å². The number of aryl methyl sites for hydroxylation is 1. The van der Waals surface area contributed by atoms with Crippen LogP contribution in [0.5, 0.6) is 11.5 Å². The molecule has 0 bridgehead atoms. The molecule has 4 heteroatoms. The maximum Gasteiger partial charge on any atom is 0.120 e. The van der Waals surface area contributed by atoms with Crippen molar-refractivity contribution < 1.29 is 14.9 Å². The lowest BCUT2D eigenvalue weighted by Crippen LogP contribution is -2.37. The van der Waals surface area contributed by atoms with Gasteiger partial charge in [-0.25, -0.2) is 0 Å². The number of hydrogen-bond donors (Lipinski definition) is 2. The van der Waals surface area contributed by atoms with Gasteiger partial charge in [0.25, 0.3) is 0 Å². The van der Waals surface area contributed by atoms with E-state index in [-0.39, 0.29) is 0 Å². The van der Waals surface area contributed by atoms with E-state index in [9.17, 15) is 10.2 Å². The second kappa shape index (κ2) is 7.89. The molecule has 1 aliphatic rings. The Labute approximate surface area is 149 Å². The Balaban J connectivity index is 1.57. The highest BCUT2D eigenvalue weighted by molar-refractivity contribution is 5.35. The Bertz CT molecular complexity index is 689. The van der Waals surface area contributed by atoms with E-state index in [0.717, 1.165) is 42.8 Å². The Morgan fingerprint density at radius 1 is 1.08 bits per heavy atom. The standard InChI is InChI=1S/C21H27NO3/c1-17-8-9-20(23)18(14-17)15-22-12-5-10-21(24,11-13-22)16-25-19-6-3-2-4-7-19/h2-4,6-9,14,23-24H,5,10-13,15-16H2,1H3. The molecule has 4 nitrogen and oxygen atoms in total. The van der Waals surface area contributed by atoms with Crippen LogP contribution < -0.4 is 4.74 Å². The Kier molecular flexibility index (Phi) is 5.61. The van der Waals surface area contributed by atoms with Crippen molar-refractivity contribution in [2.75, 3.05) is 19.7 Å². The molecule has 0 saturated carbocycles. The molecular weight excluding hydrogens is 314 g/mol. The summed E-state index contributed by atoms with van der Waals surface area (Å²) < 4.78 is 5.78. The number of ether oxygens (including phenoxy) is 1. The summed E-state index contributed by atoms with van der Waals surface area (Å²) in [5.74, 6) is 1.14. The van der Waals surface area contributed by atoms with E-state index in [1.165, 1.54) is 0 Å². The molecule has 0 radical (unpaired) electrons. The van der Waals surface area contributed by atoms with Crippen molar-refractivity contribution in [2.45, 2.75) is 38.3 Å². The van der Waals surface area contributed by atoms with E-state index in [0.29, 0.717) is 25.3 Å². The predicted octanol–water partition coefficient (Wildman–Crippen LogP) is 3.50. The fraction of sp³-hybridized carbons (Fsp3) is 0.429. The van der Waals surface area contributed by atoms with Crippen LogP contribution in [-0.2, 0) is 6.54 Å². The van der Waals surface area contributed by atoms with Gasteiger partial charge in [-0.05, 0) is 50.9 Å². The molecule has 0 spiro atoms. The van der Waals surface area contributed by atoms with Crippen LogP contribution in [0.3, 0.4) is 0 Å². The van der Waals surface area contributed by atoms with Crippen LogP contribution in [0.1, 0.15) is 30.4 Å². The van der Waals surface area contributed by atoms with Gasteiger partial charge in [0.15, 0.2) is 0 Å². The maximum absolute atomic E-state index is 10.9. The molecule has 2 aromatic rings.